The molecule has 0 bridgehead atoms. The lowest BCUT2D eigenvalue weighted by Crippen LogP contribution is -2.19. The summed E-state index contributed by atoms with van der Waals surface area (Å²) in [7, 11) is 4.12. The van der Waals surface area contributed by atoms with Crippen molar-refractivity contribution >= 4 is 11.0 Å². The highest BCUT2D eigenvalue weighted by molar-refractivity contribution is 5.91. The first-order chi connectivity index (χ1) is 13.4. The molecule has 0 amide bonds. The Hall–Kier alpha value is -2.40. The van der Waals surface area contributed by atoms with Gasteiger partial charge >= 0.3 is 0 Å². The van der Waals surface area contributed by atoms with E-state index in [-0.39, 0.29) is 10.8 Å². The molecule has 0 spiro atoms. The van der Waals surface area contributed by atoms with Crippen LogP contribution in [-0.4, -0.2) is 45.4 Å². The molecule has 0 atom stereocenters. The highest BCUT2D eigenvalue weighted by atomic mass is 16.3. The van der Waals surface area contributed by atoms with Gasteiger partial charge in [-0.1, -0.05) is 41.5 Å². The highest BCUT2D eigenvalue weighted by Crippen LogP contribution is 2.42. The number of benzene rings is 1. The minimum Gasteiger partial charge on any atom is -0.507 e. The normalized spacial score (nSPS) is 12.9. The second-order valence-corrected chi connectivity index (χ2v) is 10.2. The predicted molar refractivity (Wildman–Crippen MR) is 121 cm³/mol. The summed E-state index contributed by atoms with van der Waals surface area (Å²) >= 11 is 0. The average Bonchev–Trinajstić information content (AvgIpc) is 2.97. The zero-order valence-corrected chi connectivity index (χ0v) is 19.0. The minimum absolute atomic E-state index is 0.179. The molecule has 1 N–H and O–H groups in total. The maximum Gasteiger partial charge on any atom is 0.158 e. The Morgan fingerprint density at radius 3 is 2.10 bits per heavy atom. The van der Waals surface area contributed by atoms with Crippen molar-refractivity contribution in [3.8, 4) is 17.0 Å². The van der Waals surface area contributed by atoms with E-state index in [1.54, 1.807) is 0 Å². The van der Waals surface area contributed by atoms with Crippen LogP contribution in [0.2, 0.25) is 0 Å². The zero-order valence-electron chi connectivity index (χ0n) is 19.0. The number of nitrogens with zero attached hydrogens (tertiary/aromatic N) is 4. The Morgan fingerprint density at radius 1 is 1.00 bits per heavy atom. The number of hydrogen-bond acceptors (Lipinski definition) is 4. The molecule has 0 aliphatic heterocycles. The van der Waals surface area contributed by atoms with Gasteiger partial charge in [0.15, 0.2) is 5.65 Å². The molecule has 0 fully saturated rings. The molecule has 3 rings (SSSR count). The summed E-state index contributed by atoms with van der Waals surface area (Å²) in [5.74, 6) is 0.392. The van der Waals surface area contributed by atoms with Crippen LogP contribution >= 0.6 is 0 Å². The van der Waals surface area contributed by atoms with Gasteiger partial charge in [-0.3, -0.25) is 0 Å². The van der Waals surface area contributed by atoms with Crippen molar-refractivity contribution in [2.24, 2.45) is 0 Å². The van der Waals surface area contributed by atoms with Crippen LogP contribution in [0.5, 0.6) is 5.75 Å². The second-order valence-electron chi connectivity index (χ2n) is 10.2. The molecule has 0 radical (unpaired) electrons. The van der Waals surface area contributed by atoms with Gasteiger partial charge in [0.05, 0.1) is 6.54 Å². The van der Waals surface area contributed by atoms with Crippen LogP contribution in [0.3, 0.4) is 0 Å². The second kappa shape index (κ2) is 7.45. The van der Waals surface area contributed by atoms with Crippen molar-refractivity contribution in [1.29, 1.82) is 0 Å². The minimum atomic E-state index is -0.179. The van der Waals surface area contributed by atoms with Crippen LogP contribution in [0.15, 0.2) is 30.5 Å². The van der Waals surface area contributed by atoms with E-state index >= 15 is 0 Å². The maximum absolute atomic E-state index is 11.1. The van der Waals surface area contributed by atoms with Crippen LogP contribution in [0, 0.1) is 0 Å². The Bertz CT molecular complexity index is 985. The van der Waals surface area contributed by atoms with Gasteiger partial charge in [-0.25, -0.2) is 9.67 Å². The van der Waals surface area contributed by atoms with Crippen LogP contribution in [0.25, 0.3) is 22.3 Å². The molecule has 5 heteroatoms. The van der Waals surface area contributed by atoms with Crippen LogP contribution in [0.1, 0.15) is 52.7 Å². The smallest absolute Gasteiger partial charge is 0.158 e. The van der Waals surface area contributed by atoms with E-state index in [4.69, 9.17) is 5.10 Å². The van der Waals surface area contributed by atoms with Crippen molar-refractivity contribution < 1.29 is 5.11 Å². The van der Waals surface area contributed by atoms with E-state index in [9.17, 15) is 5.11 Å². The third-order valence-electron chi connectivity index (χ3n) is 5.27. The van der Waals surface area contributed by atoms with E-state index in [0.717, 1.165) is 46.5 Å². The molecule has 1 aromatic carbocycles. The summed E-state index contributed by atoms with van der Waals surface area (Å²) in [6.45, 7) is 14.5. The lowest BCUT2D eigenvalue weighted by molar-refractivity contribution is 0.376. The number of likely N-dealkylation sites (N-methyl/N-ethyl adjacent to an activating group) is 1. The Kier molecular flexibility index (Phi) is 5.48. The summed E-state index contributed by atoms with van der Waals surface area (Å²) in [6, 6.07) is 8.22. The number of pyridine rings is 1. The number of phenolic OH excluding ortho intramolecular Hbond substituents is 1. The van der Waals surface area contributed by atoms with Gasteiger partial charge in [0.25, 0.3) is 0 Å². The largest absolute Gasteiger partial charge is 0.507 e. The van der Waals surface area contributed by atoms with Crippen molar-refractivity contribution in [2.75, 3.05) is 20.6 Å². The fraction of sp³-hybridized carbons (Fsp3) is 0.500. The molecule has 156 valence electrons. The Labute approximate surface area is 174 Å². The molecule has 0 saturated carbocycles. The Balaban J connectivity index is 2.27. The molecule has 0 unspecified atom stereocenters. The topological polar surface area (TPSA) is 54.2 Å². The number of rotatable bonds is 4. The van der Waals surface area contributed by atoms with Gasteiger partial charge in [0, 0.05) is 34.8 Å². The third kappa shape index (κ3) is 4.30. The van der Waals surface area contributed by atoms with Gasteiger partial charge in [-0.2, -0.15) is 5.10 Å². The van der Waals surface area contributed by atoms with E-state index in [1.807, 2.05) is 16.9 Å². The molecular weight excluding hydrogens is 360 g/mol. The van der Waals surface area contributed by atoms with E-state index in [2.05, 4.69) is 83.7 Å². The summed E-state index contributed by atoms with van der Waals surface area (Å²) in [5.41, 5.74) is 4.37. The number of phenols is 1. The zero-order chi connectivity index (χ0) is 21.6. The summed E-state index contributed by atoms with van der Waals surface area (Å²) in [4.78, 5) is 6.74. The van der Waals surface area contributed by atoms with Crippen molar-refractivity contribution in [3.63, 3.8) is 0 Å². The lowest BCUT2D eigenvalue weighted by Gasteiger charge is -2.28. The molecule has 5 nitrogen and oxygen atoms in total. The van der Waals surface area contributed by atoms with Crippen LogP contribution in [-0.2, 0) is 17.4 Å². The lowest BCUT2D eigenvalue weighted by atomic mass is 9.78. The van der Waals surface area contributed by atoms with E-state index in [1.165, 1.54) is 0 Å². The first-order valence-corrected chi connectivity index (χ1v) is 10.2. The van der Waals surface area contributed by atoms with E-state index < -0.39 is 0 Å². The molecule has 3 aromatic rings. The third-order valence-corrected chi connectivity index (χ3v) is 5.27. The van der Waals surface area contributed by atoms with Gasteiger partial charge in [-0.15, -0.1) is 0 Å². The monoisotopic (exact) mass is 394 g/mol. The number of aromatic nitrogens is 3. The first-order valence-electron chi connectivity index (χ1n) is 10.2. The fourth-order valence-electron chi connectivity index (χ4n) is 3.59. The quantitative estimate of drug-likeness (QED) is 0.679. The molecule has 0 aliphatic rings. The van der Waals surface area contributed by atoms with Crippen molar-refractivity contribution in [2.45, 2.75) is 58.9 Å². The average molecular weight is 395 g/mol. The Morgan fingerprint density at radius 2 is 1.59 bits per heavy atom. The summed E-state index contributed by atoms with van der Waals surface area (Å²) < 4.78 is 1.99. The molecule has 0 aliphatic carbocycles. The SMILES string of the molecule is CN(C)CCn1nc(-c2cc(C(C)(C)C)c(O)c(C(C)(C)C)c2)c2cccnc21. The number of fused-ring (bicyclic) bond motifs is 1. The van der Waals surface area contributed by atoms with Gasteiger partial charge < -0.3 is 10.0 Å². The summed E-state index contributed by atoms with van der Waals surface area (Å²) in [6.07, 6.45) is 1.82. The van der Waals surface area contributed by atoms with Crippen molar-refractivity contribution in [3.05, 3.63) is 41.6 Å². The predicted octanol–water partition coefficient (Wildman–Crippen LogP) is 4.96. The maximum atomic E-state index is 11.1. The van der Waals surface area contributed by atoms with Crippen LogP contribution in [0.4, 0.5) is 0 Å². The van der Waals surface area contributed by atoms with Crippen LogP contribution < -0.4 is 0 Å². The van der Waals surface area contributed by atoms with Gasteiger partial charge in [0.1, 0.15) is 11.4 Å². The highest BCUT2D eigenvalue weighted by Gasteiger charge is 2.28. The fourth-order valence-corrected chi connectivity index (χ4v) is 3.59. The molecule has 29 heavy (non-hydrogen) atoms. The number of hydrogen-bond donors (Lipinski definition) is 1. The van der Waals surface area contributed by atoms with Crippen molar-refractivity contribution in [1.82, 2.24) is 19.7 Å². The van der Waals surface area contributed by atoms with E-state index in [0.29, 0.717) is 5.75 Å². The standard InChI is InChI=1S/C24H34N4O/c1-23(2,3)18-14-16(15-19(21(18)29)24(4,5)6)20-17-10-9-11-25-22(17)28(26-20)13-12-27(7)8/h9-11,14-15,29H,12-13H2,1-8H3. The molecule has 0 saturated heterocycles. The molecule has 2 heterocycles. The molecular formula is C24H34N4O. The number of aromatic hydroxyl groups is 1. The van der Waals surface area contributed by atoms with Gasteiger partial charge in [-0.05, 0) is 49.2 Å². The molecule has 2 aromatic heterocycles. The van der Waals surface area contributed by atoms with Gasteiger partial charge in [0.2, 0.25) is 0 Å². The summed E-state index contributed by atoms with van der Waals surface area (Å²) in [5, 5.41) is 17.0. The first kappa shape index (κ1) is 21.3.